The van der Waals surface area contributed by atoms with E-state index >= 15 is 0 Å². The van der Waals surface area contributed by atoms with Crippen molar-refractivity contribution in [1.29, 1.82) is 0 Å². The maximum Gasteiger partial charge on any atom is 0.219 e. The predicted octanol–water partition coefficient (Wildman–Crippen LogP) is 4.96. The average molecular weight is 534 g/mol. The molecule has 0 unspecified atom stereocenters. The Bertz CT molecular complexity index is 981. The lowest BCUT2D eigenvalue weighted by Gasteiger charge is -2.11. The molecule has 31 heavy (non-hydrogen) atoms. The van der Waals surface area contributed by atoms with E-state index in [1.54, 1.807) is 13.3 Å². The van der Waals surface area contributed by atoms with Gasteiger partial charge in [-0.1, -0.05) is 18.2 Å². The van der Waals surface area contributed by atoms with Crippen molar-refractivity contribution in [3.05, 3.63) is 78.0 Å². The molecule has 0 saturated heterocycles. The maximum atomic E-state index is 6.06. The number of benzene rings is 2. The second kappa shape index (κ2) is 12.8. The Morgan fingerprint density at radius 1 is 1.06 bits per heavy atom. The van der Waals surface area contributed by atoms with Crippen LogP contribution in [0.3, 0.4) is 0 Å². The summed E-state index contributed by atoms with van der Waals surface area (Å²) < 4.78 is 16.5. The summed E-state index contributed by atoms with van der Waals surface area (Å²) in [6.45, 7) is 3.46. The number of anilines is 1. The Labute approximate surface area is 199 Å². The summed E-state index contributed by atoms with van der Waals surface area (Å²) >= 11 is 0. The highest BCUT2D eigenvalue weighted by Gasteiger charge is 2.04. The van der Waals surface area contributed by atoms with Crippen LogP contribution in [0.15, 0.2) is 71.9 Å². The number of hydrogen-bond acceptors (Lipinski definition) is 5. The van der Waals surface area contributed by atoms with E-state index in [1.807, 2.05) is 67.6 Å². The maximum absolute atomic E-state index is 6.06. The minimum absolute atomic E-state index is 0. The number of nitrogens with two attached hydrogens (primary N) is 1. The smallest absolute Gasteiger partial charge is 0.219 e. The number of rotatable bonds is 9. The minimum atomic E-state index is 0. The fourth-order valence-corrected chi connectivity index (χ4v) is 2.77. The Morgan fingerprint density at radius 2 is 1.81 bits per heavy atom. The van der Waals surface area contributed by atoms with E-state index < -0.39 is 0 Å². The Kier molecular flexibility index (Phi) is 10.0. The number of aliphatic imine (C=N–C) groups is 1. The molecule has 3 N–H and O–H groups in total. The number of methoxy groups -OCH3 is 1. The van der Waals surface area contributed by atoms with Gasteiger partial charge >= 0.3 is 0 Å². The van der Waals surface area contributed by atoms with E-state index in [0.717, 1.165) is 22.6 Å². The standard InChI is InChI=1S/C23H26N4O3.HI/c1-3-29-19-8-10-20(11-9-19)30-22-14-17(12-13-25-22)15-26-23(24)27-21-7-5-4-6-18(21)16-28-2;/h4-14H,3,15-16H2,1-2H3,(H3,24,26,27);1H. The van der Waals surface area contributed by atoms with Crippen molar-refractivity contribution < 1.29 is 14.2 Å². The first-order valence-electron chi connectivity index (χ1n) is 9.67. The number of pyridine rings is 1. The van der Waals surface area contributed by atoms with E-state index in [4.69, 9.17) is 19.9 Å². The third kappa shape index (κ3) is 7.72. The molecule has 0 aliphatic rings. The van der Waals surface area contributed by atoms with Crippen LogP contribution in [0.2, 0.25) is 0 Å². The number of ether oxygens (including phenoxy) is 3. The quantitative estimate of drug-likeness (QED) is 0.229. The van der Waals surface area contributed by atoms with Gasteiger partial charge < -0.3 is 25.3 Å². The van der Waals surface area contributed by atoms with Gasteiger partial charge in [0.25, 0.3) is 0 Å². The van der Waals surface area contributed by atoms with Gasteiger partial charge in [-0.05, 0) is 48.9 Å². The first kappa shape index (κ1) is 24.4. The van der Waals surface area contributed by atoms with Crippen LogP contribution in [0, 0.1) is 0 Å². The van der Waals surface area contributed by atoms with Gasteiger partial charge in [0.15, 0.2) is 5.96 Å². The molecule has 0 aliphatic carbocycles. The van der Waals surface area contributed by atoms with E-state index in [9.17, 15) is 0 Å². The SMILES string of the molecule is CCOc1ccc(Oc2cc(CN=C(N)Nc3ccccc3COC)ccn2)cc1.I. The van der Waals surface area contributed by atoms with Crippen molar-refractivity contribution in [2.45, 2.75) is 20.1 Å². The molecule has 0 atom stereocenters. The van der Waals surface area contributed by atoms with Crippen LogP contribution in [-0.2, 0) is 17.9 Å². The van der Waals surface area contributed by atoms with Crippen LogP contribution in [0.5, 0.6) is 17.4 Å². The fraction of sp³-hybridized carbons (Fsp3) is 0.217. The van der Waals surface area contributed by atoms with Gasteiger partial charge in [-0.15, -0.1) is 24.0 Å². The van der Waals surface area contributed by atoms with Gasteiger partial charge in [-0.2, -0.15) is 0 Å². The lowest BCUT2D eigenvalue weighted by molar-refractivity contribution is 0.185. The molecular formula is C23H27IN4O3. The number of nitrogens with one attached hydrogen (secondary N) is 1. The highest BCUT2D eigenvalue weighted by Crippen LogP contribution is 2.23. The summed E-state index contributed by atoms with van der Waals surface area (Å²) in [4.78, 5) is 8.67. The Morgan fingerprint density at radius 3 is 2.55 bits per heavy atom. The van der Waals surface area contributed by atoms with Crippen LogP contribution in [0.25, 0.3) is 0 Å². The minimum Gasteiger partial charge on any atom is -0.494 e. The summed E-state index contributed by atoms with van der Waals surface area (Å²) in [6, 6.07) is 18.9. The molecule has 1 aromatic heterocycles. The molecule has 0 spiro atoms. The molecule has 0 radical (unpaired) electrons. The molecule has 2 aromatic carbocycles. The molecular weight excluding hydrogens is 507 g/mol. The second-order valence-electron chi connectivity index (χ2n) is 6.43. The Hall–Kier alpha value is -2.85. The summed E-state index contributed by atoms with van der Waals surface area (Å²) in [6.07, 6.45) is 1.69. The summed E-state index contributed by atoms with van der Waals surface area (Å²) in [7, 11) is 1.66. The van der Waals surface area contributed by atoms with Gasteiger partial charge in [0, 0.05) is 30.6 Å². The molecule has 1 heterocycles. The third-order valence-electron chi connectivity index (χ3n) is 4.17. The zero-order valence-corrected chi connectivity index (χ0v) is 19.9. The normalized spacial score (nSPS) is 10.8. The average Bonchev–Trinajstić information content (AvgIpc) is 2.76. The van der Waals surface area contributed by atoms with Crippen LogP contribution >= 0.6 is 24.0 Å². The first-order chi connectivity index (χ1) is 14.7. The van der Waals surface area contributed by atoms with Crippen LogP contribution in [0.4, 0.5) is 5.69 Å². The topological polar surface area (TPSA) is 91.0 Å². The largest absolute Gasteiger partial charge is 0.494 e. The molecule has 0 fully saturated rings. The van der Waals surface area contributed by atoms with E-state index in [2.05, 4.69) is 15.3 Å². The third-order valence-corrected chi connectivity index (χ3v) is 4.17. The highest BCUT2D eigenvalue weighted by molar-refractivity contribution is 14.0. The van der Waals surface area contributed by atoms with Crippen molar-refractivity contribution in [2.75, 3.05) is 19.0 Å². The summed E-state index contributed by atoms with van der Waals surface area (Å²) in [5.41, 5.74) is 8.87. The van der Waals surface area contributed by atoms with E-state index in [-0.39, 0.29) is 24.0 Å². The van der Waals surface area contributed by atoms with Crippen molar-refractivity contribution in [2.24, 2.45) is 10.7 Å². The van der Waals surface area contributed by atoms with Gasteiger partial charge in [0.2, 0.25) is 5.88 Å². The van der Waals surface area contributed by atoms with E-state index in [0.29, 0.717) is 37.3 Å². The van der Waals surface area contributed by atoms with Crippen molar-refractivity contribution in [3.8, 4) is 17.4 Å². The zero-order valence-electron chi connectivity index (χ0n) is 17.6. The zero-order chi connectivity index (χ0) is 21.2. The fourth-order valence-electron chi connectivity index (χ4n) is 2.77. The van der Waals surface area contributed by atoms with Crippen molar-refractivity contribution in [1.82, 2.24) is 4.98 Å². The molecule has 3 rings (SSSR count). The molecule has 8 heteroatoms. The molecule has 0 bridgehead atoms. The Balaban J connectivity index is 0.00000341. The lowest BCUT2D eigenvalue weighted by Crippen LogP contribution is -2.23. The van der Waals surface area contributed by atoms with Crippen LogP contribution < -0.4 is 20.5 Å². The summed E-state index contributed by atoms with van der Waals surface area (Å²) in [5.74, 6) is 2.30. The number of aromatic nitrogens is 1. The number of para-hydroxylation sites is 1. The van der Waals surface area contributed by atoms with Crippen molar-refractivity contribution in [3.63, 3.8) is 0 Å². The molecule has 7 nitrogen and oxygen atoms in total. The van der Waals surface area contributed by atoms with Gasteiger partial charge in [-0.25, -0.2) is 9.98 Å². The van der Waals surface area contributed by atoms with Gasteiger partial charge in [0.05, 0.1) is 19.8 Å². The second-order valence-corrected chi connectivity index (χ2v) is 6.43. The van der Waals surface area contributed by atoms with Gasteiger partial charge in [-0.3, -0.25) is 0 Å². The predicted molar refractivity (Wildman–Crippen MR) is 133 cm³/mol. The monoisotopic (exact) mass is 534 g/mol. The van der Waals surface area contributed by atoms with E-state index in [1.165, 1.54) is 0 Å². The molecule has 0 amide bonds. The van der Waals surface area contributed by atoms with Crippen molar-refractivity contribution >= 4 is 35.6 Å². The number of hydrogen-bond donors (Lipinski definition) is 2. The lowest BCUT2D eigenvalue weighted by atomic mass is 10.2. The van der Waals surface area contributed by atoms with Crippen LogP contribution in [-0.4, -0.2) is 24.7 Å². The first-order valence-corrected chi connectivity index (χ1v) is 9.67. The summed E-state index contributed by atoms with van der Waals surface area (Å²) in [5, 5.41) is 3.12. The molecule has 0 aliphatic heterocycles. The number of nitrogens with zero attached hydrogens (tertiary/aromatic N) is 2. The van der Waals surface area contributed by atoms with Gasteiger partial charge in [0.1, 0.15) is 11.5 Å². The molecule has 3 aromatic rings. The molecule has 0 saturated carbocycles. The highest BCUT2D eigenvalue weighted by atomic mass is 127. The molecule has 164 valence electrons. The van der Waals surface area contributed by atoms with Crippen LogP contribution in [0.1, 0.15) is 18.1 Å². The number of guanidine groups is 1. The number of halogens is 1.